The van der Waals surface area contributed by atoms with E-state index in [2.05, 4.69) is 62.9 Å². The van der Waals surface area contributed by atoms with E-state index in [9.17, 15) is 4.79 Å². The first-order chi connectivity index (χ1) is 13.0. The number of hydrogen-bond donors (Lipinski definition) is 0. The van der Waals surface area contributed by atoms with Crippen LogP contribution in [-0.2, 0) is 0 Å². The van der Waals surface area contributed by atoms with E-state index >= 15 is 0 Å². The molecule has 150 valence electrons. The molecule has 5 heteroatoms. The number of nitrogens with zero attached hydrogens (tertiary/aromatic N) is 2. The smallest absolute Gasteiger partial charge is 0.182 e. The number of rotatable bonds is 5. The van der Waals surface area contributed by atoms with E-state index in [1.54, 1.807) is 11.8 Å². The number of aryl methyl sites for hydroxylation is 1. The molecule has 0 saturated carbocycles. The molecule has 2 aromatic carbocycles. The van der Waals surface area contributed by atoms with E-state index in [0.29, 0.717) is 12.5 Å². The van der Waals surface area contributed by atoms with Gasteiger partial charge in [0.15, 0.2) is 11.0 Å². The van der Waals surface area contributed by atoms with Crippen molar-refractivity contribution < 1.29 is 4.79 Å². The summed E-state index contributed by atoms with van der Waals surface area (Å²) in [5.41, 5.74) is 5.53. The van der Waals surface area contributed by atoms with Gasteiger partial charge in [0.25, 0.3) is 0 Å². The largest absolute Gasteiger partial charge is 0.313 e. The summed E-state index contributed by atoms with van der Waals surface area (Å²) in [4.78, 5) is 19.9. The van der Waals surface area contributed by atoms with Crippen LogP contribution in [0.1, 0.15) is 53.2 Å². The number of thioether (sulfide) groups is 1. The maximum Gasteiger partial charge on any atom is 0.182 e. The lowest BCUT2D eigenvalue weighted by Crippen LogP contribution is -2.36. The Balaban J connectivity index is 0.00000280. The van der Waals surface area contributed by atoms with E-state index in [4.69, 9.17) is 4.99 Å². The van der Waals surface area contributed by atoms with Gasteiger partial charge in [-0.3, -0.25) is 9.79 Å². The normalized spacial score (nSPS) is 13.7. The molecule has 0 spiro atoms. The van der Waals surface area contributed by atoms with Crippen molar-refractivity contribution in [2.45, 2.75) is 40.0 Å². The van der Waals surface area contributed by atoms with E-state index in [1.165, 1.54) is 16.7 Å². The fourth-order valence-corrected chi connectivity index (χ4v) is 4.14. The van der Waals surface area contributed by atoms with Crippen LogP contribution < -0.4 is 4.90 Å². The summed E-state index contributed by atoms with van der Waals surface area (Å²) in [6.45, 7) is 9.71. The third kappa shape index (κ3) is 5.26. The van der Waals surface area contributed by atoms with Gasteiger partial charge >= 0.3 is 0 Å². The fraction of sp³-hybridized carbons (Fsp3) is 0.391. The van der Waals surface area contributed by atoms with Crippen molar-refractivity contribution in [2.24, 2.45) is 4.99 Å². The van der Waals surface area contributed by atoms with Crippen LogP contribution in [0, 0.1) is 13.8 Å². The Bertz CT molecular complexity index is 846. The first-order valence-electron chi connectivity index (χ1n) is 9.61. The topological polar surface area (TPSA) is 32.7 Å². The van der Waals surface area contributed by atoms with E-state index < -0.39 is 0 Å². The number of Topliss-reactive ketones (excluding diaryl/α,β-unsaturated/α-hetero) is 1. The minimum absolute atomic E-state index is 0. The molecule has 0 aliphatic carbocycles. The molecule has 0 radical (unpaired) electrons. The Labute approximate surface area is 183 Å². The number of aliphatic imine (C=N–C) groups is 1. The summed E-state index contributed by atoms with van der Waals surface area (Å²) in [5.74, 6) is 1.64. The first kappa shape index (κ1) is 22.7. The van der Waals surface area contributed by atoms with Gasteiger partial charge in [0.05, 0.1) is 6.54 Å². The second-order valence-electron chi connectivity index (χ2n) is 7.37. The fourth-order valence-electron chi connectivity index (χ4n) is 3.18. The van der Waals surface area contributed by atoms with Crippen LogP contribution >= 0.6 is 28.7 Å². The molecule has 1 aliphatic rings. The summed E-state index contributed by atoms with van der Waals surface area (Å²) in [6, 6.07) is 14.3. The summed E-state index contributed by atoms with van der Waals surface area (Å²) < 4.78 is 0. The molecule has 2 aromatic rings. The molecule has 0 fully saturated rings. The summed E-state index contributed by atoms with van der Waals surface area (Å²) in [5, 5.41) is 0.960. The highest BCUT2D eigenvalue weighted by Gasteiger charge is 2.22. The molecule has 1 aliphatic heterocycles. The number of hydrogen-bond acceptors (Lipinski definition) is 4. The van der Waals surface area contributed by atoms with Gasteiger partial charge in [-0.2, -0.15) is 0 Å². The Hall–Kier alpha value is -1.59. The van der Waals surface area contributed by atoms with Crippen molar-refractivity contribution in [3.05, 3.63) is 64.7 Å². The van der Waals surface area contributed by atoms with Crippen molar-refractivity contribution >= 4 is 45.4 Å². The van der Waals surface area contributed by atoms with Crippen LogP contribution in [0.25, 0.3) is 0 Å². The lowest BCUT2D eigenvalue weighted by Gasteiger charge is -2.29. The van der Waals surface area contributed by atoms with Gasteiger partial charge in [0.1, 0.15) is 0 Å². The predicted octanol–water partition coefficient (Wildman–Crippen LogP) is 6.19. The molecular weight excluding hydrogens is 432 g/mol. The van der Waals surface area contributed by atoms with Gasteiger partial charge in [-0.15, -0.1) is 17.0 Å². The average molecular weight is 461 g/mol. The Morgan fingerprint density at radius 2 is 1.86 bits per heavy atom. The van der Waals surface area contributed by atoms with Crippen LogP contribution in [0.15, 0.2) is 47.5 Å². The van der Waals surface area contributed by atoms with Gasteiger partial charge < -0.3 is 4.90 Å². The van der Waals surface area contributed by atoms with Crippen LogP contribution in [-0.4, -0.2) is 29.8 Å². The van der Waals surface area contributed by atoms with Crippen LogP contribution in [0.4, 0.5) is 5.69 Å². The molecule has 0 saturated heterocycles. The first-order valence-corrected chi connectivity index (χ1v) is 10.6. The summed E-state index contributed by atoms with van der Waals surface area (Å²) in [6.07, 6.45) is 1.10. The molecule has 0 aromatic heterocycles. The highest BCUT2D eigenvalue weighted by Crippen LogP contribution is 2.28. The highest BCUT2D eigenvalue weighted by molar-refractivity contribution is 8.93. The van der Waals surface area contributed by atoms with Gasteiger partial charge in [0, 0.05) is 23.5 Å². The molecule has 1 heterocycles. The molecule has 0 bridgehead atoms. The van der Waals surface area contributed by atoms with E-state index in [-0.39, 0.29) is 22.8 Å². The maximum absolute atomic E-state index is 13.0. The highest BCUT2D eigenvalue weighted by atomic mass is 79.9. The second-order valence-corrected chi connectivity index (χ2v) is 8.43. The molecule has 3 rings (SSSR count). The number of benzene rings is 2. The van der Waals surface area contributed by atoms with Crippen molar-refractivity contribution in [1.29, 1.82) is 0 Å². The van der Waals surface area contributed by atoms with Crippen molar-refractivity contribution in [2.75, 3.05) is 23.7 Å². The van der Waals surface area contributed by atoms with Gasteiger partial charge in [-0.1, -0.05) is 62.0 Å². The molecule has 0 N–H and O–H groups in total. The van der Waals surface area contributed by atoms with E-state index in [1.807, 2.05) is 12.1 Å². The molecule has 28 heavy (non-hydrogen) atoms. The van der Waals surface area contributed by atoms with Crippen molar-refractivity contribution in [3.8, 4) is 0 Å². The molecule has 0 atom stereocenters. The standard InChI is InChI=1S/C23H28N2OS.BrH/c1-16(2)19-9-11-20(12-10-19)22(26)15-25(23-24-13-6-14-27-23)21-8-5-7-17(3)18(21)4;/h5,7-12,16H,6,13-15H2,1-4H3;1H. The predicted molar refractivity (Wildman–Crippen MR) is 128 cm³/mol. The van der Waals surface area contributed by atoms with Crippen LogP contribution in [0.5, 0.6) is 0 Å². The zero-order chi connectivity index (χ0) is 19.4. The zero-order valence-corrected chi connectivity index (χ0v) is 19.6. The Morgan fingerprint density at radius 1 is 1.14 bits per heavy atom. The van der Waals surface area contributed by atoms with Gasteiger partial charge in [-0.05, 0) is 48.9 Å². The number of ketones is 1. The average Bonchev–Trinajstić information content (AvgIpc) is 2.69. The van der Waals surface area contributed by atoms with Crippen molar-refractivity contribution in [3.63, 3.8) is 0 Å². The van der Waals surface area contributed by atoms with Gasteiger partial charge in [0.2, 0.25) is 0 Å². The second kappa shape index (κ2) is 10.3. The van der Waals surface area contributed by atoms with E-state index in [0.717, 1.165) is 35.1 Å². The van der Waals surface area contributed by atoms with Crippen molar-refractivity contribution in [1.82, 2.24) is 0 Å². The number of carbonyl (C=O) groups is 1. The lowest BCUT2D eigenvalue weighted by molar-refractivity contribution is 0.100. The number of halogens is 1. The summed E-state index contributed by atoms with van der Waals surface area (Å²) >= 11 is 1.75. The number of carbonyl (C=O) groups excluding carboxylic acids is 1. The van der Waals surface area contributed by atoms with Gasteiger partial charge in [-0.25, -0.2) is 0 Å². The lowest BCUT2D eigenvalue weighted by atomic mass is 10.0. The molecule has 3 nitrogen and oxygen atoms in total. The van der Waals surface area contributed by atoms with Crippen LogP contribution in [0.2, 0.25) is 0 Å². The monoisotopic (exact) mass is 460 g/mol. The maximum atomic E-state index is 13.0. The minimum Gasteiger partial charge on any atom is -0.313 e. The third-order valence-corrected chi connectivity index (χ3v) is 6.18. The number of amidine groups is 1. The number of anilines is 1. The minimum atomic E-state index is 0. The summed E-state index contributed by atoms with van der Waals surface area (Å²) in [7, 11) is 0. The molecular formula is C23H29BrN2OS. The zero-order valence-electron chi connectivity index (χ0n) is 17.1. The SMILES string of the molecule is Br.Cc1cccc(N(CC(=O)c2ccc(C(C)C)cc2)C2=NCCCS2)c1C. The van der Waals surface area contributed by atoms with Crippen LogP contribution in [0.3, 0.4) is 0 Å². The Morgan fingerprint density at radius 3 is 2.46 bits per heavy atom. The third-order valence-electron chi connectivity index (χ3n) is 5.08. The molecule has 0 unspecified atom stereocenters. The Kier molecular flexibility index (Phi) is 8.32. The quantitative estimate of drug-likeness (QED) is 0.498. The molecule has 0 amide bonds.